The minimum absolute atomic E-state index is 0. The minimum Gasteiger partial charge on any atom is -0.352 e. The zero-order valence-corrected chi connectivity index (χ0v) is 13.9. The summed E-state index contributed by atoms with van der Waals surface area (Å²) in [7, 11) is 0. The van der Waals surface area contributed by atoms with Crippen LogP contribution in [0.1, 0.15) is 48.5 Å². The van der Waals surface area contributed by atoms with E-state index in [2.05, 4.69) is 17.6 Å². The zero-order valence-electron chi connectivity index (χ0n) is 13.1. The molecule has 1 amide bonds. The lowest BCUT2D eigenvalue weighted by Gasteiger charge is -2.23. The maximum Gasteiger partial charge on any atom is 0.220 e. The fourth-order valence-corrected chi connectivity index (χ4v) is 2.57. The summed E-state index contributed by atoms with van der Waals surface area (Å²) in [5.74, 6) is 0.0109. The van der Waals surface area contributed by atoms with Crippen LogP contribution in [-0.4, -0.2) is 30.8 Å². The maximum absolute atomic E-state index is 12.0. The number of Topliss-reactive ketones (excluding diaryl/α,β-unsaturated/α-hetero) is 1. The molecule has 0 saturated carbocycles. The van der Waals surface area contributed by atoms with Crippen LogP contribution in [0.2, 0.25) is 0 Å². The molecule has 1 aliphatic rings. The first-order valence-corrected chi connectivity index (χ1v) is 7.81. The second-order valence-corrected chi connectivity index (χ2v) is 5.58. The standard InChI is InChI=1S/C17H24N2O2.ClH/c1-2-13-5-7-14(8-6-13)16(20)9-10-17(21)19-15-4-3-11-18-12-15;/h5-8,15,18H,2-4,9-12H2,1H3,(H,19,21);1H/t15-;/m0./s1. The molecule has 0 spiro atoms. The highest BCUT2D eigenvalue weighted by Gasteiger charge is 2.16. The molecule has 5 heteroatoms. The Kier molecular flexibility index (Phi) is 8.13. The lowest BCUT2D eigenvalue weighted by atomic mass is 10.0. The Morgan fingerprint density at radius 3 is 2.55 bits per heavy atom. The van der Waals surface area contributed by atoms with Crippen molar-refractivity contribution in [3.05, 3.63) is 35.4 Å². The van der Waals surface area contributed by atoms with Gasteiger partial charge in [-0.1, -0.05) is 31.2 Å². The van der Waals surface area contributed by atoms with Gasteiger partial charge in [0.1, 0.15) is 0 Å². The molecule has 1 atom stereocenters. The van der Waals surface area contributed by atoms with Gasteiger partial charge in [-0.2, -0.15) is 0 Å². The van der Waals surface area contributed by atoms with Crippen LogP contribution in [0.4, 0.5) is 0 Å². The third kappa shape index (κ3) is 5.78. The summed E-state index contributed by atoms with van der Waals surface area (Å²) in [5.41, 5.74) is 1.91. The van der Waals surface area contributed by atoms with Gasteiger partial charge < -0.3 is 10.6 Å². The Morgan fingerprint density at radius 2 is 1.95 bits per heavy atom. The summed E-state index contributed by atoms with van der Waals surface area (Å²) in [4.78, 5) is 23.9. The van der Waals surface area contributed by atoms with E-state index in [1.165, 1.54) is 5.56 Å². The minimum atomic E-state index is -0.0257. The van der Waals surface area contributed by atoms with E-state index in [4.69, 9.17) is 0 Å². The summed E-state index contributed by atoms with van der Waals surface area (Å²) in [6.07, 6.45) is 3.62. The first kappa shape index (κ1) is 18.7. The highest BCUT2D eigenvalue weighted by atomic mass is 35.5. The van der Waals surface area contributed by atoms with Crippen molar-refractivity contribution < 1.29 is 9.59 Å². The summed E-state index contributed by atoms with van der Waals surface area (Å²) in [5, 5.41) is 6.25. The predicted octanol–water partition coefficient (Wildman–Crippen LogP) is 2.50. The van der Waals surface area contributed by atoms with E-state index in [0.29, 0.717) is 5.56 Å². The molecule has 22 heavy (non-hydrogen) atoms. The molecule has 0 radical (unpaired) electrons. The van der Waals surface area contributed by atoms with E-state index in [9.17, 15) is 9.59 Å². The van der Waals surface area contributed by atoms with E-state index in [1.54, 1.807) is 0 Å². The molecular formula is C17H25ClN2O2. The Labute approximate surface area is 138 Å². The van der Waals surface area contributed by atoms with E-state index in [0.717, 1.165) is 32.4 Å². The van der Waals surface area contributed by atoms with Gasteiger partial charge in [0.05, 0.1) is 0 Å². The number of carbonyl (C=O) groups is 2. The van der Waals surface area contributed by atoms with Crippen molar-refractivity contribution in [3.8, 4) is 0 Å². The molecule has 4 nitrogen and oxygen atoms in total. The first-order valence-electron chi connectivity index (χ1n) is 7.81. The number of halogens is 1. The van der Waals surface area contributed by atoms with Crippen molar-refractivity contribution in [2.75, 3.05) is 13.1 Å². The van der Waals surface area contributed by atoms with Crippen LogP contribution in [0.3, 0.4) is 0 Å². The van der Waals surface area contributed by atoms with Gasteiger partial charge in [-0.3, -0.25) is 9.59 Å². The normalized spacial score (nSPS) is 17.4. The van der Waals surface area contributed by atoms with Gasteiger partial charge in [-0.05, 0) is 31.4 Å². The van der Waals surface area contributed by atoms with E-state index < -0.39 is 0 Å². The average molecular weight is 325 g/mol. The molecule has 2 rings (SSSR count). The summed E-state index contributed by atoms with van der Waals surface area (Å²) < 4.78 is 0. The van der Waals surface area contributed by atoms with Gasteiger partial charge in [0.25, 0.3) is 0 Å². The third-order valence-corrected chi connectivity index (χ3v) is 3.93. The van der Waals surface area contributed by atoms with Gasteiger partial charge in [-0.25, -0.2) is 0 Å². The van der Waals surface area contributed by atoms with Gasteiger partial charge >= 0.3 is 0 Å². The lowest BCUT2D eigenvalue weighted by molar-refractivity contribution is -0.121. The average Bonchev–Trinajstić information content (AvgIpc) is 2.53. The van der Waals surface area contributed by atoms with Gasteiger partial charge in [0, 0.05) is 31.0 Å². The lowest BCUT2D eigenvalue weighted by Crippen LogP contribution is -2.45. The molecule has 1 aromatic rings. The monoisotopic (exact) mass is 324 g/mol. The van der Waals surface area contributed by atoms with E-state index >= 15 is 0 Å². The fourth-order valence-electron chi connectivity index (χ4n) is 2.57. The summed E-state index contributed by atoms with van der Waals surface area (Å²) in [6, 6.07) is 7.86. The van der Waals surface area contributed by atoms with Crippen LogP contribution in [-0.2, 0) is 11.2 Å². The van der Waals surface area contributed by atoms with Gasteiger partial charge in [0.2, 0.25) is 5.91 Å². The SMILES string of the molecule is CCc1ccc(C(=O)CCC(=O)N[C@H]2CCCNC2)cc1.Cl. The molecule has 2 N–H and O–H groups in total. The molecule has 0 aromatic heterocycles. The number of amides is 1. The number of rotatable bonds is 6. The fraction of sp³-hybridized carbons (Fsp3) is 0.529. The molecule has 0 unspecified atom stereocenters. The molecule has 1 fully saturated rings. The van der Waals surface area contributed by atoms with Crippen molar-refractivity contribution in [3.63, 3.8) is 0 Å². The summed E-state index contributed by atoms with van der Waals surface area (Å²) in [6.45, 7) is 3.94. The highest BCUT2D eigenvalue weighted by molar-refractivity contribution is 5.98. The Bertz CT molecular complexity index is 482. The van der Waals surface area contributed by atoms with E-state index in [1.807, 2.05) is 24.3 Å². The number of aryl methyl sites for hydroxylation is 1. The van der Waals surface area contributed by atoms with Crippen molar-refractivity contribution in [2.24, 2.45) is 0 Å². The largest absolute Gasteiger partial charge is 0.352 e. The van der Waals surface area contributed by atoms with Crippen molar-refractivity contribution in [1.29, 1.82) is 0 Å². The van der Waals surface area contributed by atoms with Crippen LogP contribution in [0.15, 0.2) is 24.3 Å². The number of hydrogen-bond donors (Lipinski definition) is 2. The second kappa shape index (κ2) is 9.59. The number of nitrogens with one attached hydrogen (secondary N) is 2. The Morgan fingerprint density at radius 1 is 1.23 bits per heavy atom. The first-order chi connectivity index (χ1) is 10.2. The number of carbonyl (C=O) groups excluding carboxylic acids is 2. The van der Waals surface area contributed by atoms with Crippen LogP contribution in [0.5, 0.6) is 0 Å². The Hall–Kier alpha value is -1.39. The molecule has 122 valence electrons. The molecule has 0 bridgehead atoms. The predicted molar refractivity (Wildman–Crippen MR) is 90.7 cm³/mol. The van der Waals surface area contributed by atoms with Crippen LogP contribution in [0, 0.1) is 0 Å². The maximum atomic E-state index is 12.0. The Balaban J connectivity index is 0.00000242. The number of ketones is 1. The van der Waals surface area contributed by atoms with Crippen LogP contribution in [0.25, 0.3) is 0 Å². The smallest absolute Gasteiger partial charge is 0.220 e. The topological polar surface area (TPSA) is 58.2 Å². The van der Waals surface area contributed by atoms with Crippen LogP contribution >= 0.6 is 12.4 Å². The zero-order chi connectivity index (χ0) is 15.1. The molecule has 0 aliphatic carbocycles. The van der Waals surface area contributed by atoms with Gasteiger partial charge in [-0.15, -0.1) is 12.4 Å². The van der Waals surface area contributed by atoms with Crippen molar-refractivity contribution in [2.45, 2.75) is 45.1 Å². The highest BCUT2D eigenvalue weighted by Crippen LogP contribution is 2.09. The second-order valence-electron chi connectivity index (χ2n) is 5.58. The number of hydrogen-bond acceptors (Lipinski definition) is 3. The summed E-state index contributed by atoms with van der Waals surface area (Å²) >= 11 is 0. The van der Waals surface area contributed by atoms with Crippen molar-refractivity contribution in [1.82, 2.24) is 10.6 Å². The van der Waals surface area contributed by atoms with Gasteiger partial charge in [0.15, 0.2) is 5.78 Å². The quantitative estimate of drug-likeness (QED) is 0.790. The third-order valence-electron chi connectivity index (χ3n) is 3.93. The molecule has 1 heterocycles. The van der Waals surface area contributed by atoms with E-state index in [-0.39, 0.29) is 43.0 Å². The molecule has 1 aliphatic heterocycles. The molecule has 1 saturated heterocycles. The molecular weight excluding hydrogens is 300 g/mol. The van der Waals surface area contributed by atoms with Crippen LogP contribution < -0.4 is 10.6 Å². The number of piperidine rings is 1. The molecule has 1 aromatic carbocycles. The number of benzene rings is 1. The van der Waals surface area contributed by atoms with Crippen molar-refractivity contribution >= 4 is 24.1 Å².